The molecule has 78 valence electrons. The minimum Gasteiger partial charge on any atom is -0.390 e. The standard InChI is InChI=1S/C12H14N2O/c1-8-3-4-9(2)11(5-8)12-13-6-10(7-15)14-12/h3-6,15H,7H2,1-2H3,(H,13,14). The van der Waals surface area contributed by atoms with Crippen molar-refractivity contribution < 1.29 is 5.11 Å². The van der Waals surface area contributed by atoms with Gasteiger partial charge in [0.2, 0.25) is 0 Å². The molecule has 0 saturated carbocycles. The van der Waals surface area contributed by atoms with E-state index >= 15 is 0 Å². The Kier molecular flexibility index (Phi) is 2.56. The minimum absolute atomic E-state index is 0.0264. The fourth-order valence-electron chi connectivity index (χ4n) is 1.57. The normalized spacial score (nSPS) is 10.6. The lowest BCUT2D eigenvalue weighted by molar-refractivity contribution is 0.277. The molecule has 3 nitrogen and oxygen atoms in total. The minimum atomic E-state index is -0.0264. The molecule has 0 unspecified atom stereocenters. The topological polar surface area (TPSA) is 48.9 Å². The van der Waals surface area contributed by atoms with Gasteiger partial charge >= 0.3 is 0 Å². The molecular weight excluding hydrogens is 188 g/mol. The quantitative estimate of drug-likeness (QED) is 0.784. The molecule has 1 aromatic heterocycles. The maximum absolute atomic E-state index is 8.94. The molecule has 2 rings (SSSR count). The lowest BCUT2D eigenvalue weighted by Crippen LogP contribution is -1.87. The predicted octanol–water partition coefficient (Wildman–Crippen LogP) is 2.19. The number of hydrogen-bond acceptors (Lipinski definition) is 2. The molecule has 0 saturated heterocycles. The van der Waals surface area contributed by atoms with Crippen LogP contribution in [-0.2, 0) is 6.61 Å². The molecule has 0 spiro atoms. The van der Waals surface area contributed by atoms with Gasteiger partial charge in [-0.2, -0.15) is 0 Å². The van der Waals surface area contributed by atoms with Crippen LogP contribution in [0.25, 0.3) is 11.4 Å². The SMILES string of the molecule is Cc1ccc(C)c(-c2nc(CO)c[nH]2)c1. The van der Waals surface area contributed by atoms with Gasteiger partial charge in [-0.15, -0.1) is 0 Å². The second-order valence-electron chi connectivity index (χ2n) is 3.72. The third kappa shape index (κ3) is 1.92. The number of nitrogens with zero attached hydrogens (tertiary/aromatic N) is 1. The number of aryl methyl sites for hydroxylation is 2. The lowest BCUT2D eigenvalue weighted by atomic mass is 10.1. The van der Waals surface area contributed by atoms with Crippen LogP contribution < -0.4 is 0 Å². The molecule has 0 amide bonds. The average molecular weight is 202 g/mol. The first-order valence-corrected chi connectivity index (χ1v) is 4.93. The summed E-state index contributed by atoms with van der Waals surface area (Å²) in [6, 6.07) is 6.25. The highest BCUT2D eigenvalue weighted by atomic mass is 16.3. The molecule has 0 fully saturated rings. The number of benzene rings is 1. The summed E-state index contributed by atoms with van der Waals surface area (Å²) in [4.78, 5) is 7.37. The smallest absolute Gasteiger partial charge is 0.137 e. The third-order valence-electron chi connectivity index (χ3n) is 2.44. The number of aliphatic hydroxyl groups is 1. The van der Waals surface area contributed by atoms with Crippen molar-refractivity contribution in [2.75, 3.05) is 0 Å². The predicted molar refractivity (Wildman–Crippen MR) is 59.4 cm³/mol. The number of aromatic amines is 1. The van der Waals surface area contributed by atoms with Gasteiger partial charge in [0.15, 0.2) is 0 Å². The largest absolute Gasteiger partial charge is 0.390 e. The Morgan fingerprint density at radius 3 is 2.80 bits per heavy atom. The van der Waals surface area contributed by atoms with Gasteiger partial charge in [-0.1, -0.05) is 17.7 Å². The second kappa shape index (κ2) is 3.87. The van der Waals surface area contributed by atoms with Gasteiger partial charge in [0.25, 0.3) is 0 Å². The summed E-state index contributed by atoms with van der Waals surface area (Å²) < 4.78 is 0. The Morgan fingerprint density at radius 1 is 1.33 bits per heavy atom. The van der Waals surface area contributed by atoms with E-state index in [9.17, 15) is 0 Å². The molecule has 0 aliphatic carbocycles. The van der Waals surface area contributed by atoms with Crippen LogP contribution in [0.5, 0.6) is 0 Å². The first kappa shape index (κ1) is 9.93. The lowest BCUT2D eigenvalue weighted by Gasteiger charge is -2.03. The Morgan fingerprint density at radius 2 is 2.13 bits per heavy atom. The van der Waals surface area contributed by atoms with Crippen LogP contribution in [0.1, 0.15) is 16.8 Å². The van der Waals surface area contributed by atoms with E-state index in [0.717, 1.165) is 11.4 Å². The Labute approximate surface area is 88.8 Å². The summed E-state index contributed by atoms with van der Waals surface area (Å²) in [5, 5.41) is 8.94. The molecule has 0 radical (unpaired) electrons. The first-order valence-electron chi connectivity index (χ1n) is 4.93. The van der Waals surface area contributed by atoms with E-state index in [0.29, 0.717) is 5.69 Å². The number of imidazole rings is 1. The van der Waals surface area contributed by atoms with Crippen LogP contribution >= 0.6 is 0 Å². The van der Waals surface area contributed by atoms with Crippen LogP contribution in [-0.4, -0.2) is 15.1 Å². The van der Waals surface area contributed by atoms with E-state index in [-0.39, 0.29) is 6.61 Å². The van der Waals surface area contributed by atoms with Crippen LogP contribution in [0.15, 0.2) is 24.4 Å². The molecule has 0 bridgehead atoms. The van der Waals surface area contributed by atoms with E-state index in [4.69, 9.17) is 5.11 Å². The highest BCUT2D eigenvalue weighted by Crippen LogP contribution is 2.21. The zero-order chi connectivity index (χ0) is 10.8. The highest BCUT2D eigenvalue weighted by Gasteiger charge is 2.06. The maximum Gasteiger partial charge on any atom is 0.137 e. The number of nitrogens with one attached hydrogen (secondary N) is 1. The van der Waals surface area contributed by atoms with Gasteiger partial charge in [-0.25, -0.2) is 4.98 Å². The molecular formula is C12H14N2O. The number of hydrogen-bond donors (Lipinski definition) is 2. The highest BCUT2D eigenvalue weighted by molar-refractivity contribution is 5.61. The van der Waals surface area contributed by atoms with Crippen molar-refractivity contribution in [2.24, 2.45) is 0 Å². The van der Waals surface area contributed by atoms with E-state index in [1.54, 1.807) is 6.20 Å². The Hall–Kier alpha value is -1.61. The van der Waals surface area contributed by atoms with Crippen LogP contribution in [0, 0.1) is 13.8 Å². The molecule has 1 heterocycles. The molecule has 15 heavy (non-hydrogen) atoms. The summed E-state index contributed by atoms with van der Waals surface area (Å²) in [5.74, 6) is 0.820. The zero-order valence-corrected chi connectivity index (χ0v) is 8.91. The van der Waals surface area contributed by atoms with Crippen LogP contribution in [0.2, 0.25) is 0 Å². The van der Waals surface area contributed by atoms with Gasteiger partial charge in [-0.05, 0) is 25.5 Å². The summed E-state index contributed by atoms with van der Waals surface area (Å²) in [5.41, 5.74) is 4.15. The molecule has 1 aromatic carbocycles. The number of H-pyrrole nitrogens is 1. The van der Waals surface area contributed by atoms with Crippen molar-refractivity contribution in [3.8, 4) is 11.4 Å². The average Bonchev–Trinajstić information content (AvgIpc) is 2.70. The van der Waals surface area contributed by atoms with Crippen molar-refractivity contribution in [3.05, 3.63) is 41.2 Å². The number of aromatic nitrogens is 2. The number of rotatable bonds is 2. The van der Waals surface area contributed by atoms with Crippen molar-refractivity contribution >= 4 is 0 Å². The van der Waals surface area contributed by atoms with E-state index in [1.807, 2.05) is 0 Å². The number of aliphatic hydroxyl groups excluding tert-OH is 1. The molecule has 0 aliphatic rings. The third-order valence-corrected chi connectivity index (χ3v) is 2.44. The van der Waals surface area contributed by atoms with Gasteiger partial charge in [0, 0.05) is 11.8 Å². The molecule has 2 aromatic rings. The summed E-state index contributed by atoms with van der Waals surface area (Å²) in [6.07, 6.45) is 1.73. The van der Waals surface area contributed by atoms with E-state index in [2.05, 4.69) is 42.0 Å². The van der Waals surface area contributed by atoms with Crippen molar-refractivity contribution in [3.63, 3.8) is 0 Å². The van der Waals surface area contributed by atoms with Crippen molar-refractivity contribution in [1.82, 2.24) is 9.97 Å². The fourth-order valence-corrected chi connectivity index (χ4v) is 1.57. The van der Waals surface area contributed by atoms with Gasteiger partial charge in [-0.3, -0.25) is 0 Å². The van der Waals surface area contributed by atoms with Crippen molar-refractivity contribution in [2.45, 2.75) is 20.5 Å². The Balaban J connectivity index is 2.48. The summed E-state index contributed by atoms with van der Waals surface area (Å²) in [7, 11) is 0. The summed E-state index contributed by atoms with van der Waals surface area (Å²) >= 11 is 0. The molecule has 0 atom stereocenters. The Bertz CT molecular complexity index is 474. The van der Waals surface area contributed by atoms with Crippen LogP contribution in [0.4, 0.5) is 0 Å². The molecule has 3 heteroatoms. The molecule has 2 N–H and O–H groups in total. The van der Waals surface area contributed by atoms with Gasteiger partial charge in [0.05, 0.1) is 12.3 Å². The van der Waals surface area contributed by atoms with Crippen molar-refractivity contribution in [1.29, 1.82) is 0 Å². The van der Waals surface area contributed by atoms with Gasteiger partial charge in [0.1, 0.15) is 5.82 Å². The molecule has 0 aliphatic heterocycles. The first-order chi connectivity index (χ1) is 7.20. The van der Waals surface area contributed by atoms with Gasteiger partial charge < -0.3 is 10.1 Å². The summed E-state index contributed by atoms with van der Waals surface area (Å²) in [6.45, 7) is 4.08. The second-order valence-corrected chi connectivity index (χ2v) is 3.72. The monoisotopic (exact) mass is 202 g/mol. The zero-order valence-electron chi connectivity index (χ0n) is 8.91. The maximum atomic E-state index is 8.94. The van der Waals surface area contributed by atoms with E-state index < -0.39 is 0 Å². The van der Waals surface area contributed by atoms with E-state index in [1.165, 1.54) is 11.1 Å². The van der Waals surface area contributed by atoms with Crippen LogP contribution in [0.3, 0.4) is 0 Å². The fraction of sp³-hybridized carbons (Fsp3) is 0.250.